The number of morpholine rings is 1. The predicted octanol–water partition coefficient (Wildman–Crippen LogP) is -0.166. The Kier molecular flexibility index (Phi) is 5.37. The van der Waals surface area contributed by atoms with E-state index < -0.39 is 0 Å². The Balaban J connectivity index is 1.97. The molecule has 2 amide bonds. The minimum absolute atomic E-state index is 0.0406. The molecule has 114 valence electrons. The summed E-state index contributed by atoms with van der Waals surface area (Å²) in [5.74, 6) is 0.103. The van der Waals surface area contributed by atoms with Crippen LogP contribution in [0.25, 0.3) is 0 Å². The van der Waals surface area contributed by atoms with Gasteiger partial charge in [0.15, 0.2) is 0 Å². The first-order valence-electron chi connectivity index (χ1n) is 7.55. The van der Waals surface area contributed by atoms with E-state index in [2.05, 4.69) is 5.32 Å². The van der Waals surface area contributed by atoms with Crippen LogP contribution in [0.4, 0.5) is 0 Å². The van der Waals surface area contributed by atoms with Crippen LogP contribution in [0, 0.1) is 0 Å². The van der Waals surface area contributed by atoms with Crippen LogP contribution in [0.3, 0.4) is 0 Å². The van der Waals surface area contributed by atoms with Crippen LogP contribution in [0.1, 0.15) is 26.7 Å². The van der Waals surface area contributed by atoms with E-state index >= 15 is 0 Å². The number of nitrogens with zero attached hydrogens (tertiary/aromatic N) is 2. The van der Waals surface area contributed by atoms with Crippen molar-refractivity contribution in [1.82, 2.24) is 15.1 Å². The lowest BCUT2D eigenvalue weighted by molar-refractivity contribution is -0.150. The highest BCUT2D eigenvalue weighted by Gasteiger charge is 2.35. The van der Waals surface area contributed by atoms with Crippen molar-refractivity contribution in [3.8, 4) is 0 Å². The largest absolute Gasteiger partial charge is 0.378 e. The topological polar surface area (TPSA) is 61.9 Å². The van der Waals surface area contributed by atoms with E-state index in [0.29, 0.717) is 32.8 Å². The highest BCUT2D eigenvalue weighted by molar-refractivity contribution is 5.90. The zero-order valence-electron chi connectivity index (χ0n) is 12.4. The number of ether oxygens (including phenoxy) is 1. The molecule has 0 aromatic rings. The van der Waals surface area contributed by atoms with Gasteiger partial charge < -0.3 is 19.9 Å². The number of amides is 2. The zero-order valence-corrected chi connectivity index (χ0v) is 12.4. The van der Waals surface area contributed by atoms with Crippen molar-refractivity contribution in [2.24, 2.45) is 0 Å². The molecule has 0 bridgehead atoms. The van der Waals surface area contributed by atoms with Gasteiger partial charge in [-0.1, -0.05) is 6.92 Å². The number of nitrogens with one attached hydrogen (secondary N) is 1. The van der Waals surface area contributed by atoms with Crippen molar-refractivity contribution >= 4 is 11.8 Å². The summed E-state index contributed by atoms with van der Waals surface area (Å²) in [5.41, 5.74) is 0. The summed E-state index contributed by atoms with van der Waals surface area (Å²) in [5, 5.41) is 3.20. The number of rotatable bonds is 4. The highest BCUT2D eigenvalue weighted by Crippen LogP contribution is 2.16. The molecule has 6 heteroatoms. The molecule has 2 aliphatic heterocycles. The number of carbonyl (C=O) groups excluding carboxylic acids is 2. The number of hydrogen-bond donors (Lipinski definition) is 1. The Labute approximate surface area is 120 Å². The minimum atomic E-state index is -0.373. The monoisotopic (exact) mass is 283 g/mol. The van der Waals surface area contributed by atoms with Crippen LogP contribution in [-0.4, -0.2) is 73.1 Å². The Bertz CT molecular complexity index is 354. The van der Waals surface area contributed by atoms with Gasteiger partial charge in [0, 0.05) is 19.6 Å². The third-order valence-electron chi connectivity index (χ3n) is 4.07. The minimum Gasteiger partial charge on any atom is -0.378 e. The van der Waals surface area contributed by atoms with Crippen molar-refractivity contribution in [3.63, 3.8) is 0 Å². The lowest BCUT2D eigenvalue weighted by atomic mass is 10.0. The summed E-state index contributed by atoms with van der Waals surface area (Å²) in [7, 11) is 0. The third-order valence-corrected chi connectivity index (χ3v) is 4.07. The second kappa shape index (κ2) is 7.04. The maximum absolute atomic E-state index is 12.5. The number of piperidine rings is 1. The molecule has 6 nitrogen and oxygen atoms in total. The summed E-state index contributed by atoms with van der Waals surface area (Å²) in [6, 6.07) is -0.504. The van der Waals surface area contributed by atoms with Crippen LogP contribution < -0.4 is 5.32 Å². The quantitative estimate of drug-likeness (QED) is 0.778. The summed E-state index contributed by atoms with van der Waals surface area (Å²) < 4.78 is 5.26. The Hall–Kier alpha value is -1.14. The molecule has 0 radical (unpaired) electrons. The molecule has 2 rings (SSSR count). The van der Waals surface area contributed by atoms with E-state index in [1.165, 1.54) is 0 Å². The van der Waals surface area contributed by atoms with E-state index in [1.54, 1.807) is 9.80 Å². The third kappa shape index (κ3) is 3.30. The molecule has 2 heterocycles. The highest BCUT2D eigenvalue weighted by atomic mass is 16.5. The standard InChI is InChI=1S/C14H25N3O3/c1-3-15-12-5-4-6-17(14(12)19)11(2)13(18)16-7-9-20-10-8-16/h11-12,15H,3-10H2,1-2H3. The van der Waals surface area contributed by atoms with E-state index in [9.17, 15) is 9.59 Å². The Morgan fingerprint density at radius 3 is 2.75 bits per heavy atom. The van der Waals surface area contributed by atoms with E-state index in [0.717, 1.165) is 19.4 Å². The summed E-state index contributed by atoms with van der Waals surface area (Å²) in [6.07, 6.45) is 1.81. The Morgan fingerprint density at radius 2 is 2.10 bits per heavy atom. The maximum atomic E-state index is 12.5. The fourth-order valence-electron chi connectivity index (χ4n) is 2.90. The maximum Gasteiger partial charge on any atom is 0.245 e. The zero-order chi connectivity index (χ0) is 14.5. The fourth-order valence-corrected chi connectivity index (χ4v) is 2.90. The van der Waals surface area contributed by atoms with Gasteiger partial charge in [-0.3, -0.25) is 9.59 Å². The molecule has 2 fully saturated rings. The van der Waals surface area contributed by atoms with Crippen LogP contribution in [0.5, 0.6) is 0 Å². The summed E-state index contributed by atoms with van der Waals surface area (Å²) in [4.78, 5) is 28.4. The first-order chi connectivity index (χ1) is 9.65. The van der Waals surface area contributed by atoms with Gasteiger partial charge in [-0.25, -0.2) is 0 Å². The molecule has 1 N–H and O–H groups in total. The normalized spacial score (nSPS) is 25.7. The fraction of sp³-hybridized carbons (Fsp3) is 0.857. The lowest BCUT2D eigenvalue weighted by Crippen LogP contribution is -2.58. The molecule has 0 aromatic carbocycles. The molecule has 20 heavy (non-hydrogen) atoms. The molecule has 0 saturated carbocycles. The van der Waals surface area contributed by atoms with Crippen LogP contribution in [0.15, 0.2) is 0 Å². The van der Waals surface area contributed by atoms with Crippen molar-refractivity contribution in [2.45, 2.75) is 38.8 Å². The average Bonchev–Trinajstić information content (AvgIpc) is 2.49. The van der Waals surface area contributed by atoms with Gasteiger partial charge in [0.25, 0.3) is 0 Å². The number of likely N-dealkylation sites (N-methyl/N-ethyl adjacent to an activating group) is 1. The molecule has 2 unspecified atom stereocenters. The van der Waals surface area contributed by atoms with E-state index in [-0.39, 0.29) is 23.9 Å². The van der Waals surface area contributed by atoms with Gasteiger partial charge in [0.05, 0.1) is 19.3 Å². The number of likely N-dealkylation sites (tertiary alicyclic amines) is 1. The van der Waals surface area contributed by atoms with Gasteiger partial charge in [-0.2, -0.15) is 0 Å². The first kappa shape index (κ1) is 15.3. The second-order valence-electron chi connectivity index (χ2n) is 5.40. The van der Waals surface area contributed by atoms with E-state index in [4.69, 9.17) is 4.74 Å². The van der Waals surface area contributed by atoms with Gasteiger partial charge >= 0.3 is 0 Å². The van der Waals surface area contributed by atoms with Crippen molar-refractivity contribution in [1.29, 1.82) is 0 Å². The number of carbonyl (C=O) groups is 2. The predicted molar refractivity (Wildman–Crippen MR) is 75.3 cm³/mol. The molecule has 0 spiro atoms. The van der Waals surface area contributed by atoms with Gasteiger partial charge in [-0.05, 0) is 26.3 Å². The molecule has 2 atom stereocenters. The SMILES string of the molecule is CCNC1CCCN(C(C)C(=O)N2CCOCC2)C1=O. The smallest absolute Gasteiger partial charge is 0.245 e. The van der Waals surface area contributed by atoms with Crippen LogP contribution >= 0.6 is 0 Å². The second-order valence-corrected chi connectivity index (χ2v) is 5.40. The molecule has 2 saturated heterocycles. The van der Waals surface area contributed by atoms with Gasteiger partial charge in [-0.15, -0.1) is 0 Å². The number of hydrogen-bond acceptors (Lipinski definition) is 4. The molecule has 0 aromatic heterocycles. The average molecular weight is 283 g/mol. The first-order valence-corrected chi connectivity index (χ1v) is 7.55. The summed E-state index contributed by atoms with van der Waals surface area (Å²) >= 11 is 0. The van der Waals surface area contributed by atoms with Crippen LogP contribution in [-0.2, 0) is 14.3 Å². The molecular formula is C14H25N3O3. The molecular weight excluding hydrogens is 258 g/mol. The van der Waals surface area contributed by atoms with Crippen molar-refractivity contribution in [3.05, 3.63) is 0 Å². The molecule has 0 aliphatic carbocycles. The van der Waals surface area contributed by atoms with Crippen molar-refractivity contribution < 1.29 is 14.3 Å². The van der Waals surface area contributed by atoms with Gasteiger partial charge in [0.1, 0.15) is 6.04 Å². The molecule has 2 aliphatic rings. The lowest BCUT2D eigenvalue weighted by Gasteiger charge is -2.38. The van der Waals surface area contributed by atoms with Crippen LogP contribution in [0.2, 0.25) is 0 Å². The van der Waals surface area contributed by atoms with Crippen molar-refractivity contribution in [2.75, 3.05) is 39.4 Å². The Morgan fingerprint density at radius 1 is 1.40 bits per heavy atom. The van der Waals surface area contributed by atoms with E-state index in [1.807, 2.05) is 13.8 Å². The summed E-state index contributed by atoms with van der Waals surface area (Å²) in [6.45, 7) is 7.72. The van der Waals surface area contributed by atoms with Gasteiger partial charge in [0.2, 0.25) is 11.8 Å².